The monoisotopic (exact) mass is 523 g/mol. The Hall–Kier alpha value is -2.63. The van der Waals surface area contributed by atoms with Gasteiger partial charge in [0, 0.05) is 12.1 Å². The molecule has 12 heteroatoms. The summed E-state index contributed by atoms with van der Waals surface area (Å²) < 4.78 is 12.8. The predicted octanol–water partition coefficient (Wildman–Crippen LogP) is 4.90. The van der Waals surface area contributed by atoms with Crippen molar-refractivity contribution in [3.05, 3.63) is 44.7 Å². The number of hydrogen-bond donors (Lipinski definition) is 1. The molecule has 34 heavy (non-hydrogen) atoms. The molecular weight excluding hydrogens is 498 g/mol. The van der Waals surface area contributed by atoms with Gasteiger partial charge in [-0.1, -0.05) is 34.7 Å². The number of aromatic nitrogens is 4. The van der Waals surface area contributed by atoms with Crippen LogP contribution < -0.4 is 10.1 Å². The van der Waals surface area contributed by atoms with Crippen molar-refractivity contribution in [2.45, 2.75) is 45.9 Å². The minimum absolute atomic E-state index is 0.101. The number of hydrogen-bond acceptors (Lipinski definition) is 9. The number of benzene rings is 1. The molecule has 1 atom stereocenters. The van der Waals surface area contributed by atoms with Crippen LogP contribution in [-0.2, 0) is 16.6 Å². The van der Waals surface area contributed by atoms with E-state index in [1.807, 2.05) is 40.0 Å². The molecule has 9 nitrogen and oxygen atoms in total. The number of nitrogens with zero attached hydrogens (tertiary/aromatic N) is 4. The molecule has 0 aliphatic rings. The van der Waals surface area contributed by atoms with Gasteiger partial charge >= 0.3 is 5.97 Å². The van der Waals surface area contributed by atoms with Crippen molar-refractivity contribution in [3.63, 3.8) is 0 Å². The first-order valence-electron chi connectivity index (χ1n) is 10.5. The zero-order chi connectivity index (χ0) is 25.0. The summed E-state index contributed by atoms with van der Waals surface area (Å²) in [6.07, 6.45) is -0.361. The van der Waals surface area contributed by atoms with Crippen LogP contribution in [0.4, 0.5) is 5.13 Å². The fraction of sp³-hybridized carbons (Fsp3) is 0.409. The molecule has 3 rings (SSSR count). The molecule has 0 fully saturated rings. The van der Waals surface area contributed by atoms with Crippen molar-refractivity contribution < 1.29 is 19.1 Å². The van der Waals surface area contributed by atoms with Crippen LogP contribution >= 0.6 is 34.7 Å². The van der Waals surface area contributed by atoms with Gasteiger partial charge in [-0.2, -0.15) is 0 Å². The Morgan fingerprint density at radius 2 is 1.91 bits per heavy atom. The third-order valence-corrected chi connectivity index (χ3v) is 7.46. The number of thiazole rings is 1. The summed E-state index contributed by atoms with van der Waals surface area (Å²) in [6, 6.07) is 3.77. The molecular formula is C22H26ClN5O4S2. The lowest BCUT2D eigenvalue weighted by Crippen LogP contribution is -2.14. The second-order valence-electron chi connectivity index (χ2n) is 7.52. The molecule has 3 aromatic rings. The minimum atomic E-state index is -0.445. The molecule has 1 aromatic carbocycles. The molecule has 182 valence electrons. The fourth-order valence-electron chi connectivity index (χ4n) is 3.16. The number of carbonyl (C=O) groups excluding carboxylic acids is 2. The SMILES string of the molecule is CCOC(=O)c1sc(NC(=O)CSc2nnc(C(C)Oc3cc(C)c(Cl)c(C)c3)n2C)nc1C. The van der Waals surface area contributed by atoms with Gasteiger partial charge in [-0.3, -0.25) is 4.79 Å². The van der Waals surface area contributed by atoms with Gasteiger partial charge < -0.3 is 19.4 Å². The Balaban J connectivity index is 1.59. The lowest BCUT2D eigenvalue weighted by molar-refractivity contribution is -0.113. The van der Waals surface area contributed by atoms with E-state index in [9.17, 15) is 9.59 Å². The molecule has 0 saturated heterocycles. The molecule has 2 aromatic heterocycles. The Morgan fingerprint density at radius 3 is 2.56 bits per heavy atom. The number of rotatable bonds is 9. The van der Waals surface area contributed by atoms with E-state index in [1.165, 1.54) is 11.8 Å². The van der Waals surface area contributed by atoms with Crippen molar-refractivity contribution in [2.24, 2.45) is 7.05 Å². The zero-order valence-electron chi connectivity index (χ0n) is 19.8. The van der Waals surface area contributed by atoms with Gasteiger partial charge in [-0.25, -0.2) is 9.78 Å². The van der Waals surface area contributed by atoms with Gasteiger partial charge in [-0.05, 0) is 57.9 Å². The quantitative estimate of drug-likeness (QED) is 0.311. The lowest BCUT2D eigenvalue weighted by Gasteiger charge is -2.16. The van der Waals surface area contributed by atoms with E-state index in [2.05, 4.69) is 20.5 Å². The molecule has 1 unspecified atom stereocenters. The van der Waals surface area contributed by atoms with E-state index in [0.717, 1.165) is 27.5 Å². The molecule has 2 heterocycles. The van der Waals surface area contributed by atoms with Gasteiger partial charge in [0.05, 0.1) is 18.1 Å². The highest BCUT2D eigenvalue weighted by atomic mass is 35.5. The largest absolute Gasteiger partial charge is 0.483 e. The zero-order valence-corrected chi connectivity index (χ0v) is 22.2. The van der Waals surface area contributed by atoms with Gasteiger partial charge in [0.1, 0.15) is 10.6 Å². The maximum Gasteiger partial charge on any atom is 0.350 e. The van der Waals surface area contributed by atoms with E-state index < -0.39 is 5.97 Å². The van der Waals surface area contributed by atoms with Crippen LogP contribution in [-0.4, -0.2) is 44.0 Å². The molecule has 1 amide bonds. The average molecular weight is 524 g/mol. The summed E-state index contributed by atoms with van der Waals surface area (Å²) in [7, 11) is 1.82. The summed E-state index contributed by atoms with van der Waals surface area (Å²) in [6.45, 7) is 9.45. The number of ether oxygens (including phenoxy) is 2. The first kappa shape index (κ1) is 26.0. The number of aryl methyl sites for hydroxylation is 3. The summed E-state index contributed by atoms with van der Waals surface area (Å²) in [5.41, 5.74) is 2.40. The Morgan fingerprint density at radius 1 is 1.24 bits per heavy atom. The highest BCUT2D eigenvalue weighted by molar-refractivity contribution is 7.99. The third kappa shape index (κ3) is 6.08. The number of amides is 1. The molecule has 0 aliphatic carbocycles. The summed E-state index contributed by atoms with van der Waals surface area (Å²) >= 11 is 8.57. The topological polar surface area (TPSA) is 108 Å². The number of carbonyl (C=O) groups is 2. The Kier molecular flexibility index (Phi) is 8.56. The number of anilines is 1. The van der Waals surface area contributed by atoms with Crippen molar-refractivity contribution in [3.8, 4) is 5.75 Å². The van der Waals surface area contributed by atoms with E-state index in [-0.39, 0.29) is 24.4 Å². The van der Waals surface area contributed by atoms with Crippen molar-refractivity contribution >= 4 is 51.7 Å². The molecule has 0 bridgehead atoms. The second-order valence-corrected chi connectivity index (χ2v) is 9.84. The number of esters is 1. The van der Waals surface area contributed by atoms with Crippen LogP contribution in [0, 0.1) is 20.8 Å². The predicted molar refractivity (Wildman–Crippen MR) is 133 cm³/mol. The van der Waals surface area contributed by atoms with Gasteiger partial charge in [-0.15, -0.1) is 10.2 Å². The number of thioether (sulfide) groups is 1. The summed E-state index contributed by atoms with van der Waals surface area (Å²) in [5, 5.41) is 12.8. The van der Waals surface area contributed by atoms with Gasteiger partial charge in [0.2, 0.25) is 5.91 Å². The van der Waals surface area contributed by atoms with Crippen molar-refractivity contribution in [2.75, 3.05) is 17.7 Å². The second kappa shape index (κ2) is 11.2. The van der Waals surface area contributed by atoms with Crippen LogP contribution in [0.5, 0.6) is 5.75 Å². The normalized spacial score (nSPS) is 11.9. The Labute approximate surface area is 211 Å². The Bertz CT molecular complexity index is 1190. The first-order chi connectivity index (χ1) is 16.1. The van der Waals surface area contributed by atoms with Crippen LogP contribution in [0.15, 0.2) is 17.3 Å². The summed E-state index contributed by atoms with van der Waals surface area (Å²) in [4.78, 5) is 29.0. The van der Waals surface area contributed by atoms with Gasteiger partial charge in [0.15, 0.2) is 22.2 Å². The molecule has 0 saturated carbocycles. The summed E-state index contributed by atoms with van der Waals surface area (Å²) in [5.74, 6) is 0.714. The van der Waals surface area contributed by atoms with Crippen LogP contribution in [0.3, 0.4) is 0 Å². The maximum absolute atomic E-state index is 12.4. The van der Waals surface area contributed by atoms with E-state index >= 15 is 0 Å². The fourth-order valence-corrected chi connectivity index (χ4v) is 4.86. The molecule has 0 aliphatic heterocycles. The van der Waals surface area contributed by atoms with Crippen LogP contribution in [0.1, 0.15) is 52.3 Å². The van der Waals surface area contributed by atoms with Crippen molar-refractivity contribution in [1.82, 2.24) is 19.7 Å². The van der Waals surface area contributed by atoms with E-state index in [0.29, 0.717) is 32.4 Å². The van der Waals surface area contributed by atoms with Crippen molar-refractivity contribution in [1.29, 1.82) is 0 Å². The molecule has 0 radical (unpaired) electrons. The molecule has 0 spiro atoms. The lowest BCUT2D eigenvalue weighted by atomic mass is 10.1. The minimum Gasteiger partial charge on any atom is -0.483 e. The average Bonchev–Trinajstić information content (AvgIpc) is 3.32. The first-order valence-corrected chi connectivity index (χ1v) is 12.7. The van der Waals surface area contributed by atoms with E-state index in [4.69, 9.17) is 21.1 Å². The molecule has 1 N–H and O–H groups in total. The van der Waals surface area contributed by atoms with Gasteiger partial charge in [0.25, 0.3) is 0 Å². The van der Waals surface area contributed by atoms with E-state index in [1.54, 1.807) is 18.4 Å². The maximum atomic E-state index is 12.4. The smallest absolute Gasteiger partial charge is 0.350 e. The van der Waals surface area contributed by atoms with Crippen LogP contribution in [0.25, 0.3) is 0 Å². The number of nitrogens with one attached hydrogen (secondary N) is 1. The van der Waals surface area contributed by atoms with Crippen LogP contribution in [0.2, 0.25) is 5.02 Å². The standard InChI is InChI=1S/C22H26ClN5O4S2/c1-7-31-20(30)18-13(4)24-21(34-18)25-16(29)10-33-22-27-26-19(28(22)6)14(5)32-15-8-11(2)17(23)12(3)9-15/h8-9,14H,7,10H2,1-6H3,(H,24,25,29). The number of halogens is 1. The highest BCUT2D eigenvalue weighted by Crippen LogP contribution is 2.29. The third-order valence-electron chi connectivity index (χ3n) is 4.79. The highest BCUT2D eigenvalue weighted by Gasteiger charge is 2.20.